The van der Waals surface area contributed by atoms with E-state index in [9.17, 15) is 14.7 Å². The fraction of sp³-hybridized carbons (Fsp3) is 0.250. The summed E-state index contributed by atoms with van der Waals surface area (Å²) >= 11 is 0. The molecule has 0 radical (unpaired) electrons. The molecule has 0 aliphatic carbocycles. The van der Waals surface area contributed by atoms with E-state index in [0.29, 0.717) is 5.69 Å². The van der Waals surface area contributed by atoms with Gasteiger partial charge in [0, 0.05) is 18.8 Å². The number of hydrogen-bond donors (Lipinski definition) is 2. The first-order valence-corrected chi connectivity index (χ1v) is 6.69. The highest BCUT2D eigenvalue weighted by Gasteiger charge is 2.19. The number of rotatable bonds is 4. The van der Waals surface area contributed by atoms with Gasteiger partial charge in [-0.05, 0) is 19.5 Å². The molecule has 1 aromatic carbocycles. The molecule has 118 valence electrons. The Balaban J connectivity index is 0.00000116. The van der Waals surface area contributed by atoms with Gasteiger partial charge in [0.2, 0.25) is 5.43 Å². The fourth-order valence-corrected chi connectivity index (χ4v) is 1.91. The SMILES string of the molecule is CN.Cc1cc(=O)c(OCc2ccccc2)c(C(=O)O)n1C. The number of nitrogens with zero attached hydrogens (tertiary/aromatic N) is 1. The van der Waals surface area contributed by atoms with E-state index in [1.807, 2.05) is 30.3 Å². The van der Waals surface area contributed by atoms with Gasteiger partial charge in [-0.3, -0.25) is 4.79 Å². The topological polar surface area (TPSA) is 94.6 Å². The zero-order valence-electron chi connectivity index (χ0n) is 12.9. The first kappa shape index (κ1) is 17.5. The number of aromatic carboxylic acids is 1. The summed E-state index contributed by atoms with van der Waals surface area (Å²) in [5, 5.41) is 9.25. The van der Waals surface area contributed by atoms with Crippen LogP contribution in [0.3, 0.4) is 0 Å². The summed E-state index contributed by atoms with van der Waals surface area (Å²) in [6.45, 7) is 1.83. The number of ether oxygens (including phenoxy) is 1. The summed E-state index contributed by atoms with van der Waals surface area (Å²) in [5.41, 5.74) is 5.38. The van der Waals surface area contributed by atoms with Gasteiger partial charge in [-0.2, -0.15) is 0 Å². The largest absolute Gasteiger partial charge is 0.482 e. The van der Waals surface area contributed by atoms with Crippen molar-refractivity contribution in [3.05, 3.63) is 63.6 Å². The molecular formula is C16H20N2O4. The van der Waals surface area contributed by atoms with Crippen LogP contribution in [0, 0.1) is 6.92 Å². The van der Waals surface area contributed by atoms with E-state index in [0.717, 1.165) is 5.56 Å². The first-order valence-electron chi connectivity index (χ1n) is 6.69. The Labute approximate surface area is 128 Å². The molecule has 0 unspecified atom stereocenters. The van der Waals surface area contributed by atoms with Crippen molar-refractivity contribution in [3.63, 3.8) is 0 Å². The van der Waals surface area contributed by atoms with Crippen molar-refractivity contribution in [1.82, 2.24) is 4.57 Å². The normalized spacial score (nSPS) is 9.64. The van der Waals surface area contributed by atoms with E-state index < -0.39 is 11.4 Å². The Bertz CT molecular complexity index is 693. The van der Waals surface area contributed by atoms with Gasteiger partial charge in [0.1, 0.15) is 6.61 Å². The molecule has 0 saturated heterocycles. The van der Waals surface area contributed by atoms with Gasteiger partial charge in [0.05, 0.1) is 0 Å². The second-order valence-corrected chi connectivity index (χ2v) is 4.47. The first-order chi connectivity index (χ1) is 10.5. The summed E-state index contributed by atoms with van der Waals surface area (Å²) in [5.74, 6) is -1.31. The molecule has 0 fully saturated rings. The molecule has 0 atom stereocenters. The van der Waals surface area contributed by atoms with Crippen molar-refractivity contribution in [3.8, 4) is 5.75 Å². The van der Waals surface area contributed by atoms with Gasteiger partial charge in [-0.15, -0.1) is 0 Å². The van der Waals surface area contributed by atoms with Gasteiger partial charge >= 0.3 is 5.97 Å². The fourth-order valence-electron chi connectivity index (χ4n) is 1.91. The summed E-state index contributed by atoms with van der Waals surface area (Å²) in [6.07, 6.45) is 0. The number of pyridine rings is 1. The summed E-state index contributed by atoms with van der Waals surface area (Å²) in [4.78, 5) is 23.3. The maximum absolute atomic E-state index is 11.9. The average Bonchev–Trinajstić information content (AvgIpc) is 2.52. The van der Waals surface area contributed by atoms with E-state index in [-0.39, 0.29) is 18.1 Å². The molecule has 0 aliphatic heterocycles. The van der Waals surface area contributed by atoms with Crippen LogP contribution in [-0.4, -0.2) is 22.7 Å². The number of hydrogen-bond acceptors (Lipinski definition) is 4. The maximum atomic E-state index is 11.9. The van der Waals surface area contributed by atoms with E-state index in [4.69, 9.17) is 4.74 Å². The van der Waals surface area contributed by atoms with Crippen LogP contribution in [0.2, 0.25) is 0 Å². The number of aryl methyl sites for hydroxylation is 1. The van der Waals surface area contributed by atoms with Crippen molar-refractivity contribution >= 4 is 5.97 Å². The zero-order chi connectivity index (χ0) is 16.7. The highest BCUT2D eigenvalue weighted by molar-refractivity contribution is 5.89. The molecule has 0 amide bonds. The number of carboxylic acid groups (broad SMARTS) is 1. The van der Waals surface area contributed by atoms with E-state index in [1.165, 1.54) is 17.7 Å². The Morgan fingerprint density at radius 3 is 2.41 bits per heavy atom. The Morgan fingerprint density at radius 1 is 1.27 bits per heavy atom. The minimum Gasteiger partial charge on any atom is -0.482 e. The predicted molar refractivity (Wildman–Crippen MR) is 84.3 cm³/mol. The van der Waals surface area contributed by atoms with Crippen molar-refractivity contribution in [2.75, 3.05) is 7.05 Å². The molecule has 1 aromatic heterocycles. The van der Waals surface area contributed by atoms with Crippen LogP contribution in [0.25, 0.3) is 0 Å². The highest BCUT2D eigenvalue weighted by Crippen LogP contribution is 2.16. The predicted octanol–water partition coefficient (Wildman–Crippen LogP) is 1.55. The second kappa shape index (κ2) is 7.99. The summed E-state index contributed by atoms with van der Waals surface area (Å²) in [7, 11) is 3.09. The molecule has 2 aromatic rings. The van der Waals surface area contributed by atoms with Crippen LogP contribution < -0.4 is 15.9 Å². The molecule has 2 rings (SSSR count). The lowest BCUT2D eigenvalue weighted by Crippen LogP contribution is -2.21. The lowest BCUT2D eigenvalue weighted by atomic mass is 10.2. The zero-order valence-corrected chi connectivity index (χ0v) is 12.9. The van der Waals surface area contributed by atoms with Crippen LogP contribution in [-0.2, 0) is 13.7 Å². The van der Waals surface area contributed by atoms with Gasteiger partial charge in [-0.1, -0.05) is 30.3 Å². The Kier molecular flexibility index (Phi) is 6.34. The smallest absolute Gasteiger partial charge is 0.356 e. The van der Waals surface area contributed by atoms with E-state index in [2.05, 4.69) is 5.73 Å². The third kappa shape index (κ3) is 3.95. The van der Waals surface area contributed by atoms with Crippen LogP contribution in [0.5, 0.6) is 5.75 Å². The molecule has 1 heterocycles. The molecule has 0 saturated carbocycles. The highest BCUT2D eigenvalue weighted by atomic mass is 16.5. The van der Waals surface area contributed by atoms with Crippen LogP contribution in [0.4, 0.5) is 0 Å². The van der Waals surface area contributed by atoms with Crippen LogP contribution in [0.15, 0.2) is 41.2 Å². The van der Waals surface area contributed by atoms with Crippen LogP contribution in [0.1, 0.15) is 21.7 Å². The Morgan fingerprint density at radius 2 is 1.86 bits per heavy atom. The van der Waals surface area contributed by atoms with Crippen molar-refractivity contribution in [1.29, 1.82) is 0 Å². The third-order valence-electron chi connectivity index (χ3n) is 3.07. The molecule has 0 spiro atoms. The van der Waals surface area contributed by atoms with Crippen LogP contribution >= 0.6 is 0 Å². The van der Waals surface area contributed by atoms with Crippen molar-refractivity contribution in [2.45, 2.75) is 13.5 Å². The Hall–Kier alpha value is -2.60. The maximum Gasteiger partial charge on any atom is 0.356 e. The van der Waals surface area contributed by atoms with E-state index in [1.54, 1.807) is 14.0 Å². The second-order valence-electron chi connectivity index (χ2n) is 4.47. The molecule has 6 heteroatoms. The molecule has 0 aliphatic rings. The third-order valence-corrected chi connectivity index (χ3v) is 3.07. The van der Waals surface area contributed by atoms with Crippen molar-refractivity contribution in [2.24, 2.45) is 12.8 Å². The molecule has 6 nitrogen and oxygen atoms in total. The van der Waals surface area contributed by atoms with Gasteiger partial charge in [-0.25, -0.2) is 4.79 Å². The minimum atomic E-state index is -1.18. The number of carboxylic acids is 1. The van der Waals surface area contributed by atoms with Gasteiger partial charge < -0.3 is 20.1 Å². The summed E-state index contributed by atoms with van der Waals surface area (Å²) < 4.78 is 6.87. The lowest BCUT2D eigenvalue weighted by Gasteiger charge is -2.14. The monoisotopic (exact) mass is 304 g/mol. The molecule has 22 heavy (non-hydrogen) atoms. The van der Waals surface area contributed by atoms with E-state index >= 15 is 0 Å². The van der Waals surface area contributed by atoms with Gasteiger partial charge in [0.25, 0.3) is 0 Å². The van der Waals surface area contributed by atoms with Gasteiger partial charge in [0.15, 0.2) is 11.4 Å². The minimum absolute atomic E-state index is 0.130. The summed E-state index contributed by atoms with van der Waals surface area (Å²) in [6, 6.07) is 10.6. The molecule has 0 bridgehead atoms. The molecular weight excluding hydrogens is 284 g/mol. The number of aromatic nitrogens is 1. The number of benzene rings is 1. The molecule has 3 N–H and O–H groups in total. The lowest BCUT2D eigenvalue weighted by molar-refractivity contribution is 0.0678. The van der Waals surface area contributed by atoms with Crippen molar-refractivity contribution < 1.29 is 14.6 Å². The quantitative estimate of drug-likeness (QED) is 0.893. The standard InChI is InChI=1S/C15H15NO4.CH5N/c1-10-8-12(17)14(13(15(18)19)16(10)2)20-9-11-6-4-3-5-7-11;1-2/h3-8H,9H2,1-2H3,(H,18,19);2H2,1H3. The average molecular weight is 304 g/mol. The number of carbonyl (C=O) groups is 1. The number of nitrogens with two attached hydrogens (primary N) is 1.